The maximum absolute atomic E-state index is 12.6. The van der Waals surface area contributed by atoms with Gasteiger partial charge in [-0.05, 0) is 61.2 Å². The molecule has 4 N–H and O–H groups in total. The van der Waals surface area contributed by atoms with E-state index in [1.165, 1.54) is 26.0 Å². The summed E-state index contributed by atoms with van der Waals surface area (Å²) in [5.74, 6) is -1.19. The first-order valence-corrected chi connectivity index (χ1v) is 11.3. The van der Waals surface area contributed by atoms with Crippen LogP contribution in [0.25, 0.3) is 0 Å². The zero-order valence-corrected chi connectivity index (χ0v) is 20.0. The highest BCUT2D eigenvalue weighted by Crippen LogP contribution is 2.34. The molecule has 3 aromatic rings. The van der Waals surface area contributed by atoms with E-state index in [0.29, 0.717) is 28.9 Å². The second-order valence-corrected chi connectivity index (χ2v) is 8.48. The fourth-order valence-electron chi connectivity index (χ4n) is 4.02. The lowest BCUT2D eigenvalue weighted by Crippen LogP contribution is -2.44. The average molecular weight is 476 g/mol. The molecular weight excluding hydrogens is 446 g/mol. The van der Waals surface area contributed by atoms with E-state index in [2.05, 4.69) is 0 Å². The minimum Gasteiger partial charge on any atom is -0.507 e. The summed E-state index contributed by atoms with van der Waals surface area (Å²) in [5.41, 5.74) is 7.65. The lowest BCUT2D eigenvalue weighted by Gasteiger charge is -2.28. The molecule has 0 aliphatic heterocycles. The molecule has 0 radical (unpaired) electrons. The van der Waals surface area contributed by atoms with Crippen LogP contribution in [0.4, 0.5) is 0 Å². The number of carboxylic acid groups (broad SMARTS) is 1. The molecule has 3 rings (SSSR count). The van der Waals surface area contributed by atoms with Crippen molar-refractivity contribution in [1.29, 1.82) is 0 Å². The normalized spacial score (nSPS) is 12.6. The van der Waals surface area contributed by atoms with Gasteiger partial charge in [0.05, 0.1) is 11.1 Å². The Balaban J connectivity index is 1.87. The topological polar surface area (TPSA) is 127 Å². The number of hydrogen-bond donors (Lipinski definition) is 3. The van der Waals surface area contributed by atoms with Gasteiger partial charge in [-0.1, -0.05) is 49.7 Å². The van der Waals surface area contributed by atoms with E-state index >= 15 is 0 Å². The summed E-state index contributed by atoms with van der Waals surface area (Å²) in [6, 6.07) is 16.3. The Morgan fingerprint density at radius 2 is 1.66 bits per heavy atom. The van der Waals surface area contributed by atoms with E-state index in [4.69, 9.17) is 10.5 Å². The molecule has 0 fully saturated rings. The standard InChI is InChI=1S/C28H29NO6/c1-4-6-24-25(14-13-23(17(2)30)26(24)32)35-16-19-9-11-21(12-10-19)28(29,18(3)31)22-8-5-7-20(15-22)27(33)34/h5,7-15,32H,4,6,16,29H2,1-3H3,(H,33,34). The Morgan fingerprint density at radius 3 is 2.23 bits per heavy atom. The van der Waals surface area contributed by atoms with Crippen LogP contribution in [0.15, 0.2) is 60.7 Å². The van der Waals surface area contributed by atoms with Gasteiger partial charge >= 0.3 is 5.97 Å². The molecule has 3 aromatic carbocycles. The van der Waals surface area contributed by atoms with Gasteiger partial charge in [-0.25, -0.2) is 4.79 Å². The van der Waals surface area contributed by atoms with Gasteiger partial charge in [0.1, 0.15) is 23.6 Å². The van der Waals surface area contributed by atoms with Crippen molar-refractivity contribution in [3.05, 3.63) is 94.0 Å². The van der Waals surface area contributed by atoms with E-state index < -0.39 is 11.5 Å². The number of aromatic carboxylic acids is 1. The predicted octanol–water partition coefficient (Wildman–Crippen LogP) is 4.62. The van der Waals surface area contributed by atoms with Crippen LogP contribution in [0.2, 0.25) is 0 Å². The Morgan fingerprint density at radius 1 is 0.971 bits per heavy atom. The third-order valence-electron chi connectivity index (χ3n) is 6.04. The number of carbonyl (C=O) groups excluding carboxylic acids is 2. The zero-order chi connectivity index (χ0) is 25.8. The van der Waals surface area contributed by atoms with Crippen LogP contribution in [0.1, 0.15) is 70.2 Å². The van der Waals surface area contributed by atoms with Gasteiger partial charge in [-0.15, -0.1) is 0 Å². The van der Waals surface area contributed by atoms with Crippen molar-refractivity contribution < 1.29 is 29.3 Å². The van der Waals surface area contributed by atoms with Gasteiger partial charge in [-0.3, -0.25) is 9.59 Å². The van der Waals surface area contributed by atoms with Crippen molar-refractivity contribution in [2.24, 2.45) is 5.73 Å². The summed E-state index contributed by atoms with van der Waals surface area (Å²) in [5, 5.41) is 19.8. The number of carboxylic acids is 1. The molecule has 0 saturated carbocycles. The number of Topliss-reactive ketones (excluding diaryl/α,β-unsaturated/α-hetero) is 2. The number of ether oxygens (including phenoxy) is 1. The van der Waals surface area contributed by atoms with Gasteiger partial charge in [0.15, 0.2) is 11.6 Å². The first kappa shape index (κ1) is 25.6. The van der Waals surface area contributed by atoms with Crippen molar-refractivity contribution in [1.82, 2.24) is 0 Å². The molecule has 1 atom stereocenters. The summed E-state index contributed by atoms with van der Waals surface area (Å²) in [6.45, 7) is 4.95. The molecule has 7 nitrogen and oxygen atoms in total. The minimum absolute atomic E-state index is 0.0468. The number of aromatic hydroxyl groups is 1. The molecule has 7 heteroatoms. The van der Waals surface area contributed by atoms with Crippen molar-refractivity contribution in [2.45, 2.75) is 45.8 Å². The molecule has 0 aromatic heterocycles. The molecule has 35 heavy (non-hydrogen) atoms. The first-order chi connectivity index (χ1) is 16.6. The van der Waals surface area contributed by atoms with Gasteiger partial charge in [0, 0.05) is 5.56 Å². The third-order valence-corrected chi connectivity index (χ3v) is 6.04. The summed E-state index contributed by atoms with van der Waals surface area (Å²) >= 11 is 0. The van der Waals surface area contributed by atoms with Crippen LogP contribution in [-0.2, 0) is 23.4 Å². The molecule has 1 unspecified atom stereocenters. The molecule has 0 heterocycles. The summed E-state index contributed by atoms with van der Waals surface area (Å²) < 4.78 is 5.96. The van der Waals surface area contributed by atoms with Gasteiger partial charge in [-0.2, -0.15) is 0 Å². The quantitative estimate of drug-likeness (QED) is 0.365. The molecule has 0 bridgehead atoms. The smallest absolute Gasteiger partial charge is 0.335 e. The third kappa shape index (κ3) is 5.25. The predicted molar refractivity (Wildman–Crippen MR) is 132 cm³/mol. The Kier molecular flexibility index (Phi) is 7.71. The van der Waals surface area contributed by atoms with Crippen LogP contribution in [0, 0.1) is 0 Å². The van der Waals surface area contributed by atoms with Crippen molar-refractivity contribution in [3.63, 3.8) is 0 Å². The molecule has 0 amide bonds. The van der Waals surface area contributed by atoms with Crippen molar-refractivity contribution >= 4 is 17.5 Å². The number of rotatable bonds is 10. The SMILES string of the molecule is CCCc1c(OCc2ccc(C(N)(C(C)=O)c3cccc(C(=O)O)c3)cc2)ccc(C(C)=O)c1O. The number of nitrogens with two attached hydrogens (primary N) is 1. The second-order valence-electron chi connectivity index (χ2n) is 8.48. The maximum atomic E-state index is 12.6. The molecule has 0 spiro atoms. The summed E-state index contributed by atoms with van der Waals surface area (Å²) in [6.07, 6.45) is 1.33. The number of ketones is 2. The number of phenolic OH excluding ortho intramolecular Hbond substituents is 1. The van der Waals surface area contributed by atoms with Crippen molar-refractivity contribution in [3.8, 4) is 11.5 Å². The molecule has 0 aliphatic rings. The van der Waals surface area contributed by atoms with E-state index in [1.807, 2.05) is 6.92 Å². The summed E-state index contributed by atoms with van der Waals surface area (Å²) in [7, 11) is 0. The monoisotopic (exact) mass is 475 g/mol. The lowest BCUT2D eigenvalue weighted by atomic mass is 9.80. The Hall–Kier alpha value is -3.97. The Bertz CT molecular complexity index is 1260. The van der Waals surface area contributed by atoms with E-state index in [-0.39, 0.29) is 35.0 Å². The van der Waals surface area contributed by atoms with Crippen LogP contribution in [0.5, 0.6) is 11.5 Å². The highest BCUT2D eigenvalue weighted by molar-refractivity contribution is 5.97. The Labute approximate surface area is 204 Å². The number of hydrogen-bond acceptors (Lipinski definition) is 6. The fraction of sp³-hybridized carbons (Fsp3) is 0.250. The molecule has 182 valence electrons. The van der Waals surface area contributed by atoms with Gasteiger partial charge in [0.2, 0.25) is 0 Å². The van der Waals surface area contributed by atoms with Gasteiger partial charge in [0.25, 0.3) is 0 Å². The largest absolute Gasteiger partial charge is 0.507 e. The van der Waals surface area contributed by atoms with Crippen LogP contribution in [-0.4, -0.2) is 27.7 Å². The molecule has 0 aliphatic carbocycles. The average Bonchev–Trinajstić information content (AvgIpc) is 2.84. The zero-order valence-electron chi connectivity index (χ0n) is 20.0. The van der Waals surface area contributed by atoms with Gasteiger partial charge < -0.3 is 20.7 Å². The maximum Gasteiger partial charge on any atom is 0.335 e. The number of benzene rings is 3. The molecule has 0 saturated heterocycles. The van der Waals surface area contributed by atoms with Crippen LogP contribution in [0.3, 0.4) is 0 Å². The lowest BCUT2D eigenvalue weighted by molar-refractivity contribution is -0.121. The van der Waals surface area contributed by atoms with Crippen LogP contribution < -0.4 is 10.5 Å². The van der Waals surface area contributed by atoms with E-state index in [1.54, 1.807) is 48.5 Å². The highest BCUT2D eigenvalue weighted by atomic mass is 16.5. The fourth-order valence-corrected chi connectivity index (χ4v) is 4.02. The minimum atomic E-state index is -1.51. The molecular formula is C28H29NO6. The highest BCUT2D eigenvalue weighted by Gasteiger charge is 2.35. The van der Waals surface area contributed by atoms with E-state index in [0.717, 1.165) is 12.0 Å². The first-order valence-electron chi connectivity index (χ1n) is 11.3. The number of phenols is 1. The van der Waals surface area contributed by atoms with Crippen molar-refractivity contribution in [2.75, 3.05) is 0 Å². The van der Waals surface area contributed by atoms with Crippen LogP contribution >= 0.6 is 0 Å². The van der Waals surface area contributed by atoms with E-state index in [9.17, 15) is 24.6 Å². The second kappa shape index (κ2) is 10.5. The summed E-state index contributed by atoms with van der Waals surface area (Å²) in [4.78, 5) is 35.8. The number of carbonyl (C=O) groups is 3.